The molecule has 2 amide bonds. The lowest BCUT2D eigenvalue weighted by Gasteiger charge is -2.56. The number of anilines is 1. The van der Waals surface area contributed by atoms with Gasteiger partial charge in [-0.2, -0.15) is 0 Å². The molecule has 1 aromatic carbocycles. The van der Waals surface area contributed by atoms with Gasteiger partial charge in [-0.25, -0.2) is 4.79 Å². The predicted molar refractivity (Wildman–Crippen MR) is 121 cm³/mol. The summed E-state index contributed by atoms with van der Waals surface area (Å²) in [4.78, 5) is 41.1. The van der Waals surface area contributed by atoms with Crippen LogP contribution in [0.3, 0.4) is 0 Å². The second-order valence-electron chi connectivity index (χ2n) is 10.8. The van der Waals surface area contributed by atoms with Crippen molar-refractivity contribution < 1.29 is 19.1 Å². The highest BCUT2D eigenvalue weighted by Gasteiger charge is 2.57. The van der Waals surface area contributed by atoms with Crippen molar-refractivity contribution in [2.75, 3.05) is 11.9 Å². The van der Waals surface area contributed by atoms with Gasteiger partial charge in [-0.05, 0) is 101 Å². The van der Waals surface area contributed by atoms with Crippen molar-refractivity contribution in [3.05, 3.63) is 29.8 Å². The largest absolute Gasteiger partial charge is 0.451 e. The average molecular weight is 439 g/mol. The van der Waals surface area contributed by atoms with Crippen molar-refractivity contribution in [1.29, 1.82) is 0 Å². The first-order valence-electron chi connectivity index (χ1n) is 12.2. The fraction of sp³-hybridized carbons (Fsp3) is 0.654. The fourth-order valence-corrected chi connectivity index (χ4v) is 7.21. The molecule has 2 unspecified atom stereocenters. The van der Waals surface area contributed by atoms with Gasteiger partial charge in [-0.15, -0.1) is 0 Å². The molecule has 4 saturated carbocycles. The number of esters is 1. The lowest BCUT2D eigenvalue weighted by molar-refractivity contribution is -0.168. The molecule has 172 valence electrons. The number of rotatable bonds is 5. The Kier molecular flexibility index (Phi) is 5.50. The molecule has 6 heteroatoms. The van der Waals surface area contributed by atoms with E-state index in [4.69, 9.17) is 4.74 Å². The fourth-order valence-electron chi connectivity index (χ4n) is 7.21. The van der Waals surface area contributed by atoms with Gasteiger partial charge in [-0.3, -0.25) is 9.59 Å². The highest BCUT2D eigenvalue weighted by Crippen LogP contribution is 2.60. The summed E-state index contributed by atoms with van der Waals surface area (Å²) < 4.78 is 5.55. The van der Waals surface area contributed by atoms with E-state index in [0.717, 1.165) is 31.2 Å². The van der Waals surface area contributed by atoms with E-state index in [-0.39, 0.29) is 17.2 Å². The molecule has 6 rings (SSSR count). The van der Waals surface area contributed by atoms with Crippen LogP contribution in [0.4, 0.5) is 5.69 Å². The van der Waals surface area contributed by atoms with Gasteiger partial charge < -0.3 is 15.0 Å². The number of nitrogens with zero attached hydrogens (tertiary/aromatic N) is 1. The van der Waals surface area contributed by atoms with E-state index in [1.807, 2.05) is 31.2 Å². The van der Waals surface area contributed by atoms with Crippen LogP contribution in [0.25, 0.3) is 0 Å². The summed E-state index contributed by atoms with van der Waals surface area (Å²) in [6.07, 6.45) is 7.33. The second kappa shape index (κ2) is 8.20. The van der Waals surface area contributed by atoms with Crippen LogP contribution in [0.2, 0.25) is 0 Å². The predicted octanol–water partition coefficient (Wildman–Crippen LogP) is 4.07. The van der Waals surface area contributed by atoms with Crippen molar-refractivity contribution >= 4 is 23.5 Å². The molecule has 0 aromatic heterocycles. The number of aryl methyl sites for hydroxylation is 1. The Bertz CT molecular complexity index is 891. The highest BCUT2D eigenvalue weighted by molar-refractivity contribution is 5.96. The van der Waals surface area contributed by atoms with E-state index >= 15 is 0 Å². The van der Waals surface area contributed by atoms with E-state index in [1.54, 1.807) is 11.8 Å². The summed E-state index contributed by atoms with van der Waals surface area (Å²) in [5, 5.41) is 2.80. The molecule has 2 atom stereocenters. The first kappa shape index (κ1) is 21.5. The molecular weight excluding hydrogens is 404 g/mol. The molecule has 1 aromatic rings. The molecule has 6 nitrogen and oxygen atoms in total. The Hall–Kier alpha value is -2.37. The lowest BCUT2D eigenvalue weighted by Crippen LogP contribution is -2.56. The molecule has 5 fully saturated rings. The Morgan fingerprint density at radius 1 is 1.09 bits per heavy atom. The number of hydrogen-bond donors (Lipinski definition) is 1. The molecule has 5 aliphatic rings. The maximum atomic E-state index is 13.7. The minimum Gasteiger partial charge on any atom is -0.451 e. The summed E-state index contributed by atoms with van der Waals surface area (Å²) in [5.41, 5.74) is 1.46. The monoisotopic (exact) mass is 438 g/mol. The number of hydrogen-bond acceptors (Lipinski definition) is 4. The second-order valence-corrected chi connectivity index (χ2v) is 10.8. The zero-order valence-corrected chi connectivity index (χ0v) is 19.1. The number of ether oxygens (including phenoxy) is 1. The van der Waals surface area contributed by atoms with Gasteiger partial charge in [0.25, 0.3) is 5.91 Å². The molecule has 4 aliphatic carbocycles. The van der Waals surface area contributed by atoms with Crippen LogP contribution < -0.4 is 5.32 Å². The summed E-state index contributed by atoms with van der Waals surface area (Å²) in [6.45, 7) is 4.15. The third-order valence-electron chi connectivity index (χ3n) is 8.23. The van der Waals surface area contributed by atoms with Crippen molar-refractivity contribution in [3.8, 4) is 0 Å². The van der Waals surface area contributed by atoms with E-state index < -0.39 is 18.1 Å². The number of nitrogens with one attached hydrogen (secondary N) is 1. The third-order valence-corrected chi connectivity index (χ3v) is 8.23. The van der Waals surface area contributed by atoms with Crippen LogP contribution in [0.15, 0.2) is 24.3 Å². The van der Waals surface area contributed by atoms with Gasteiger partial charge in [0, 0.05) is 12.2 Å². The maximum absolute atomic E-state index is 13.7. The Balaban J connectivity index is 1.23. The summed E-state index contributed by atoms with van der Waals surface area (Å²) in [5.74, 6) is 1.41. The Labute approximate surface area is 190 Å². The number of carbonyl (C=O) groups is 3. The van der Waals surface area contributed by atoms with Gasteiger partial charge in [0.1, 0.15) is 6.04 Å². The van der Waals surface area contributed by atoms with Crippen molar-refractivity contribution in [2.45, 2.75) is 77.4 Å². The van der Waals surface area contributed by atoms with Gasteiger partial charge in [0.05, 0.1) is 5.41 Å². The average Bonchev–Trinajstić information content (AvgIpc) is 3.22. The summed E-state index contributed by atoms with van der Waals surface area (Å²) in [6, 6.07) is 6.94. The molecular formula is C26H34N2O4. The third kappa shape index (κ3) is 3.93. The van der Waals surface area contributed by atoms with Crippen molar-refractivity contribution in [3.63, 3.8) is 0 Å². The lowest BCUT2D eigenvalue weighted by atomic mass is 9.49. The van der Waals surface area contributed by atoms with E-state index in [2.05, 4.69) is 5.32 Å². The Morgan fingerprint density at radius 2 is 1.75 bits per heavy atom. The zero-order chi connectivity index (χ0) is 22.5. The van der Waals surface area contributed by atoms with Gasteiger partial charge in [0.15, 0.2) is 6.10 Å². The minimum absolute atomic E-state index is 0.174. The van der Waals surface area contributed by atoms with Crippen LogP contribution in [-0.2, 0) is 19.1 Å². The first-order chi connectivity index (χ1) is 15.3. The zero-order valence-electron chi connectivity index (χ0n) is 19.1. The molecule has 1 saturated heterocycles. The topological polar surface area (TPSA) is 75.7 Å². The van der Waals surface area contributed by atoms with E-state index in [9.17, 15) is 14.4 Å². The molecule has 32 heavy (non-hydrogen) atoms. The number of carbonyl (C=O) groups excluding carboxylic acids is 3. The van der Waals surface area contributed by atoms with Gasteiger partial charge >= 0.3 is 5.97 Å². The van der Waals surface area contributed by atoms with Crippen LogP contribution in [0.1, 0.15) is 63.9 Å². The highest BCUT2D eigenvalue weighted by atomic mass is 16.5. The molecule has 0 spiro atoms. The molecule has 1 heterocycles. The minimum atomic E-state index is -0.917. The van der Waals surface area contributed by atoms with Crippen molar-refractivity contribution in [2.24, 2.45) is 23.2 Å². The standard InChI is InChI=1S/C26H34N2O4/c1-16-5-3-6-21(9-16)27-23(29)17(2)32-24(30)22-7-4-8-28(22)25(31)26-13-18-10-19(14-26)12-20(11-18)15-26/h3,5-6,9,17-20,22H,4,7-8,10-15H2,1-2H3,(H,27,29). The number of benzene rings is 1. The quantitative estimate of drug-likeness (QED) is 0.703. The summed E-state index contributed by atoms with van der Waals surface area (Å²) in [7, 11) is 0. The number of amides is 2. The molecule has 0 radical (unpaired) electrons. The Morgan fingerprint density at radius 3 is 2.38 bits per heavy atom. The van der Waals surface area contributed by atoms with E-state index in [1.165, 1.54) is 19.3 Å². The smallest absolute Gasteiger partial charge is 0.329 e. The van der Waals surface area contributed by atoms with Crippen molar-refractivity contribution in [1.82, 2.24) is 4.90 Å². The van der Waals surface area contributed by atoms with Gasteiger partial charge in [-0.1, -0.05) is 12.1 Å². The SMILES string of the molecule is Cc1cccc(NC(=O)C(C)OC(=O)C2CCCN2C(=O)C23CC4CC(CC(C4)C2)C3)c1. The first-order valence-corrected chi connectivity index (χ1v) is 12.2. The maximum Gasteiger partial charge on any atom is 0.329 e. The molecule has 4 bridgehead atoms. The van der Waals surface area contributed by atoms with Crippen LogP contribution >= 0.6 is 0 Å². The van der Waals surface area contributed by atoms with E-state index in [0.29, 0.717) is 36.4 Å². The summed E-state index contributed by atoms with van der Waals surface area (Å²) >= 11 is 0. The van der Waals surface area contributed by atoms with Crippen LogP contribution in [0, 0.1) is 30.1 Å². The van der Waals surface area contributed by atoms with Gasteiger partial charge in [0.2, 0.25) is 5.91 Å². The van der Waals surface area contributed by atoms with Crippen LogP contribution in [-0.4, -0.2) is 41.4 Å². The normalized spacial score (nSPS) is 33.8. The number of likely N-dealkylation sites (tertiary alicyclic amines) is 1. The van der Waals surface area contributed by atoms with Crippen LogP contribution in [0.5, 0.6) is 0 Å². The molecule has 1 N–H and O–H groups in total. The molecule has 1 aliphatic heterocycles.